The highest BCUT2D eigenvalue weighted by atomic mass is 16.6. The van der Waals surface area contributed by atoms with Crippen LogP contribution in [0.3, 0.4) is 0 Å². The molecule has 2 aromatic rings. The zero-order valence-corrected chi connectivity index (χ0v) is 14.9. The van der Waals surface area contributed by atoms with E-state index in [0.29, 0.717) is 24.4 Å². The van der Waals surface area contributed by atoms with Crippen molar-refractivity contribution in [3.8, 4) is 0 Å². The van der Waals surface area contributed by atoms with Gasteiger partial charge in [-0.25, -0.2) is 0 Å². The quantitative estimate of drug-likeness (QED) is 0.635. The molecule has 2 saturated carbocycles. The van der Waals surface area contributed by atoms with Crippen LogP contribution in [0, 0.1) is 27.9 Å². The van der Waals surface area contributed by atoms with E-state index in [9.17, 15) is 14.9 Å². The Balaban J connectivity index is 1.36. The van der Waals surface area contributed by atoms with Crippen LogP contribution in [0.2, 0.25) is 0 Å². The minimum Gasteiger partial charge on any atom is -0.353 e. The number of carbonyl (C=O) groups is 1. The molecule has 2 bridgehead atoms. The van der Waals surface area contributed by atoms with E-state index in [4.69, 9.17) is 0 Å². The Morgan fingerprint density at radius 3 is 2.96 bits per heavy atom. The number of fused-ring (bicyclic) bond motifs is 3. The average Bonchev–Trinajstić information content (AvgIpc) is 3.34. The van der Waals surface area contributed by atoms with Gasteiger partial charge in [-0.05, 0) is 50.0 Å². The average molecular weight is 356 g/mol. The maximum absolute atomic E-state index is 12.4. The molecule has 0 saturated heterocycles. The third-order valence-corrected chi connectivity index (χ3v) is 6.21. The van der Waals surface area contributed by atoms with Crippen LogP contribution in [0.15, 0.2) is 24.4 Å². The first-order valence-corrected chi connectivity index (χ1v) is 9.40. The SMILES string of the molecule is CC(NC(=O)CCn1ncc2ccc([N+](=O)[O-])cc21)C1CC2CCC1C2. The number of nitrogens with zero attached hydrogens (tertiary/aromatic N) is 3. The maximum Gasteiger partial charge on any atom is 0.271 e. The largest absolute Gasteiger partial charge is 0.353 e. The number of carbonyl (C=O) groups excluding carboxylic acids is 1. The number of nitrogens with one attached hydrogen (secondary N) is 1. The highest BCUT2D eigenvalue weighted by molar-refractivity contribution is 5.81. The van der Waals surface area contributed by atoms with E-state index in [1.807, 2.05) is 0 Å². The molecule has 2 aliphatic carbocycles. The molecule has 1 amide bonds. The number of non-ortho nitro benzene ring substituents is 1. The van der Waals surface area contributed by atoms with Crippen molar-refractivity contribution in [1.29, 1.82) is 0 Å². The van der Waals surface area contributed by atoms with Gasteiger partial charge in [0.05, 0.1) is 23.2 Å². The van der Waals surface area contributed by atoms with Crippen molar-refractivity contribution in [2.45, 2.75) is 51.6 Å². The van der Waals surface area contributed by atoms with Crippen LogP contribution in [-0.2, 0) is 11.3 Å². The zero-order chi connectivity index (χ0) is 18.3. The first kappa shape index (κ1) is 17.0. The van der Waals surface area contributed by atoms with Gasteiger partial charge in [-0.3, -0.25) is 19.6 Å². The standard InChI is InChI=1S/C19H24N4O3/c1-12(17-9-13-2-3-14(17)8-13)21-19(24)6-7-22-18-10-16(23(25)26)5-4-15(18)11-20-22/h4-5,10-14,17H,2-3,6-9H2,1H3,(H,21,24). The van der Waals surface area contributed by atoms with Crippen LogP contribution in [0.1, 0.15) is 39.0 Å². The van der Waals surface area contributed by atoms with Crippen molar-refractivity contribution >= 4 is 22.5 Å². The zero-order valence-electron chi connectivity index (χ0n) is 14.9. The van der Waals surface area contributed by atoms with Crippen LogP contribution in [0.5, 0.6) is 0 Å². The fourth-order valence-corrected chi connectivity index (χ4v) is 4.90. The van der Waals surface area contributed by atoms with Crippen LogP contribution < -0.4 is 5.32 Å². The Labute approximate surface area is 151 Å². The Kier molecular flexibility index (Phi) is 4.38. The third kappa shape index (κ3) is 3.18. The number of hydrogen-bond acceptors (Lipinski definition) is 4. The summed E-state index contributed by atoms with van der Waals surface area (Å²) in [4.78, 5) is 22.9. The van der Waals surface area contributed by atoms with E-state index in [2.05, 4.69) is 17.3 Å². The Morgan fingerprint density at radius 1 is 1.42 bits per heavy atom. The number of nitro benzene ring substituents is 1. The first-order chi connectivity index (χ1) is 12.5. The summed E-state index contributed by atoms with van der Waals surface area (Å²) in [5.74, 6) is 2.29. The maximum atomic E-state index is 12.4. The topological polar surface area (TPSA) is 90.1 Å². The molecule has 4 unspecified atom stereocenters. The molecule has 0 aliphatic heterocycles. The van der Waals surface area contributed by atoms with Crippen molar-refractivity contribution in [2.75, 3.05) is 0 Å². The molecule has 4 rings (SSSR count). The lowest BCUT2D eigenvalue weighted by molar-refractivity contribution is -0.384. The Morgan fingerprint density at radius 2 is 2.27 bits per heavy atom. The summed E-state index contributed by atoms with van der Waals surface area (Å²) in [6.45, 7) is 2.54. The van der Waals surface area contributed by atoms with Crippen molar-refractivity contribution < 1.29 is 9.72 Å². The van der Waals surface area contributed by atoms with Crippen LogP contribution in [-0.4, -0.2) is 26.7 Å². The van der Waals surface area contributed by atoms with E-state index in [0.717, 1.165) is 17.2 Å². The lowest BCUT2D eigenvalue weighted by atomic mass is 9.84. The summed E-state index contributed by atoms with van der Waals surface area (Å²) >= 11 is 0. The van der Waals surface area contributed by atoms with Gasteiger partial charge in [0.1, 0.15) is 0 Å². The lowest BCUT2D eigenvalue weighted by Crippen LogP contribution is -2.40. The second-order valence-electron chi connectivity index (χ2n) is 7.81. The molecule has 2 aliphatic rings. The second kappa shape index (κ2) is 6.70. The predicted octanol–water partition coefficient (Wildman–Crippen LogP) is 3.28. The number of nitro groups is 1. The second-order valence-corrected chi connectivity index (χ2v) is 7.81. The van der Waals surface area contributed by atoms with Crippen LogP contribution >= 0.6 is 0 Å². The summed E-state index contributed by atoms with van der Waals surface area (Å²) in [6.07, 6.45) is 7.26. The molecule has 2 fully saturated rings. The predicted molar refractivity (Wildman–Crippen MR) is 97.5 cm³/mol. The summed E-state index contributed by atoms with van der Waals surface area (Å²) in [5, 5.41) is 19.2. The summed E-state index contributed by atoms with van der Waals surface area (Å²) in [5.41, 5.74) is 0.724. The number of amides is 1. The molecule has 26 heavy (non-hydrogen) atoms. The molecule has 0 spiro atoms. The van der Waals surface area contributed by atoms with Crippen molar-refractivity contribution in [2.24, 2.45) is 17.8 Å². The fraction of sp³-hybridized carbons (Fsp3) is 0.579. The van der Waals surface area contributed by atoms with E-state index in [-0.39, 0.29) is 17.6 Å². The van der Waals surface area contributed by atoms with Crippen molar-refractivity contribution in [3.63, 3.8) is 0 Å². The van der Waals surface area contributed by atoms with Gasteiger partial charge in [-0.15, -0.1) is 0 Å². The van der Waals surface area contributed by atoms with Gasteiger partial charge in [0, 0.05) is 30.0 Å². The van der Waals surface area contributed by atoms with Crippen molar-refractivity contribution in [1.82, 2.24) is 15.1 Å². The highest BCUT2D eigenvalue weighted by Crippen LogP contribution is 2.49. The number of benzene rings is 1. The van der Waals surface area contributed by atoms with Gasteiger partial charge in [0.15, 0.2) is 0 Å². The number of rotatable bonds is 6. The number of hydrogen-bond donors (Lipinski definition) is 1. The number of aryl methyl sites for hydroxylation is 1. The minimum absolute atomic E-state index is 0.0226. The summed E-state index contributed by atoms with van der Waals surface area (Å²) in [7, 11) is 0. The van der Waals surface area contributed by atoms with E-state index < -0.39 is 4.92 Å². The lowest BCUT2D eigenvalue weighted by Gasteiger charge is -2.28. The molecule has 7 heteroatoms. The normalized spacial score (nSPS) is 25.5. The van der Waals surface area contributed by atoms with E-state index in [1.54, 1.807) is 16.9 Å². The first-order valence-electron chi connectivity index (χ1n) is 9.40. The molecule has 1 aromatic carbocycles. The molecule has 1 aromatic heterocycles. The third-order valence-electron chi connectivity index (χ3n) is 6.21. The monoisotopic (exact) mass is 356 g/mol. The van der Waals surface area contributed by atoms with Gasteiger partial charge < -0.3 is 5.32 Å². The molecule has 4 atom stereocenters. The molecular formula is C19H24N4O3. The van der Waals surface area contributed by atoms with E-state index in [1.165, 1.54) is 37.8 Å². The highest BCUT2D eigenvalue weighted by Gasteiger charge is 2.42. The van der Waals surface area contributed by atoms with E-state index >= 15 is 0 Å². The van der Waals surface area contributed by atoms with Gasteiger partial charge in [0.25, 0.3) is 5.69 Å². The molecule has 0 radical (unpaired) electrons. The minimum atomic E-state index is -0.416. The van der Waals surface area contributed by atoms with Gasteiger partial charge in [-0.2, -0.15) is 5.10 Å². The van der Waals surface area contributed by atoms with Crippen molar-refractivity contribution in [3.05, 3.63) is 34.5 Å². The smallest absolute Gasteiger partial charge is 0.271 e. The van der Waals surface area contributed by atoms with Crippen LogP contribution in [0.25, 0.3) is 10.9 Å². The molecular weight excluding hydrogens is 332 g/mol. The van der Waals surface area contributed by atoms with Gasteiger partial charge >= 0.3 is 0 Å². The van der Waals surface area contributed by atoms with Crippen LogP contribution in [0.4, 0.5) is 5.69 Å². The molecule has 1 heterocycles. The molecule has 138 valence electrons. The fourth-order valence-electron chi connectivity index (χ4n) is 4.90. The summed E-state index contributed by atoms with van der Waals surface area (Å²) in [6, 6.07) is 4.89. The summed E-state index contributed by atoms with van der Waals surface area (Å²) < 4.78 is 1.67. The molecule has 7 nitrogen and oxygen atoms in total. The molecule has 1 N–H and O–H groups in total. The van der Waals surface area contributed by atoms with Gasteiger partial charge in [-0.1, -0.05) is 6.42 Å². The van der Waals surface area contributed by atoms with Gasteiger partial charge in [0.2, 0.25) is 5.91 Å². The Bertz CT molecular complexity index is 846. The number of aromatic nitrogens is 2. The Hall–Kier alpha value is -2.44.